The van der Waals surface area contributed by atoms with E-state index < -0.39 is 47.7 Å². The summed E-state index contributed by atoms with van der Waals surface area (Å²) in [6, 6.07) is 6.50. The van der Waals surface area contributed by atoms with Gasteiger partial charge in [0.2, 0.25) is 5.91 Å². The SMILES string of the molecule is COC(=O)[C@@H](NC(=O)[C@H](CCC(=O)O)NC(=O)OCc1ccccc1)[C@H](C)OC(C)(C)C. The van der Waals surface area contributed by atoms with Crippen molar-refractivity contribution in [1.29, 1.82) is 0 Å². The number of hydrogen-bond donors (Lipinski definition) is 3. The number of esters is 1. The fourth-order valence-corrected chi connectivity index (χ4v) is 2.82. The van der Waals surface area contributed by atoms with Crippen molar-refractivity contribution in [2.75, 3.05) is 7.11 Å². The Morgan fingerprint density at radius 1 is 1.06 bits per heavy atom. The molecule has 1 aromatic carbocycles. The van der Waals surface area contributed by atoms with Crippen LogP contribution in [0.3, 0.4) is 0 Å². The van der Waals surface area contributed by atoms with Crippen LogP contribution in [0.2, 0.25) is 0 Å². The van der Waals surface area contributed by atoms with Crippen molar-refractivity contribution in [2.45, 2.75) is 70.9 Å². The van der Waals surface area contributed by atoms with Crippen molar-refractivity contribution in [3.63, 3.8) is 0 Å². The molecule has 0 aliphatic heterocycles. The lowest BCUT2D eigenvalue weighted by Crippen LogP contribution is -2.56. The number of carboxylic acid groups (broad SMARTS) is 1. The van der Waals surface area contributed by atoms with E-state index in [0.29, 0.717) is 0 Å². The number of amides is 2. The maximum Gasteiger partial charge on any atom is 0.408 e. The number of methoxy groups -OCH3 is 1. The van der Waals surface area contributed by atoms with Crippen LogP contribution in [-0.4, -0.2) is 59.9 Å². The van der Waals surface area contributed by atoms with Gasteiger partial charge in [-0.1, -0.05) is 30.3 Å². The number of carbonyl (C=O) groups is 4. The van der Waals surface area contributed by atoms with Crippen LogP contribution < -0.4 is 10.6 Å². The fraction of sp³-hybridized carbons (Fsp3) is 0.545. The molecule has 0 aliphatic rings. The zero-order chi connectivity index (χ0) is 24.3. The topological polar surface area (TPSA) is 140 Å². The molecule has 0 unspecified atom stereocenters. The number of benzene rings is 1. The molecule has 10 nitrogen and oxygen atoms in total. The smallest absolute Gasteiger partial charge is 0.408 e. The summed E-state index contributed by atoms with van der Waals surface area (Å²) in [4.78, 5) is 48.2. The summed E-state index contributed by atoms with van der Waals surface area (Å²) in [5, 5.41) is 13.8. The number of hydrogen-bond acceptors (Lipinski definition) is 7. The third-order valence-corrected chi connectivity index (χ3v) is 4.23. The Kier molecular flexibility index (Phi) is 10.6. The van der Waals surface area contributed by atoms with Crippen molar-refractivity contribution in [1.82, 2.24) is 10.6 Å². The Morgan fingerprint density at radius 2 is 1.69 bits per heavy atom. The summed E-state index contributed by atoms with van der Waals surface area (Å²) in [5.74, 6) is -2.64. The van der Waals surface area contributed by atoms with Crippen molar-refractivity contribution in [3.05, 3.63) is 35.9 Å². The Labute approximate surface area is 187 Å². The molecule has 10 heteroatoms. The van der Waals surface area contributed by atoms with Gasteiger partial charge >= 0.3 is 18.0 Å². The normalized spacial score (nSPS) is 13.9. The van der Waals surface area contributed by atoms with Crippen LogP contribution in [0.4, 0.5) is 4.79 Å². The molecular weight excluding hydrogens is 420 g/mol. The van der Waals surface area contributed by atoms with Gasteiger partial charge in [0.25, 0.3) is 0 Å². The molecule has 0 saturated heterocycles. The molecule has 0 bridgehead atoms. The number of ether oxygens (including phenoxy) is 3. The third kappa shape index (κ3) is 10.3. The minimum absolute atomic E-state index is 0.0266. The lowest BCUT2D eigenvalue weighted by atomic mass is 10.1. The van der Waals surface area contributed by atoms with Crippen molar-refractivity contribution < 1.29 is 38.5 Å². The molecule has 0 fully saturated rings. The van der Waals surface area contributed by atoms with E-state index in [1.807, 2.05) is 6.07 Å². The molecule has 0 heterocycles. The summed E-state index contributed by atoms with van der Waals surface area (Å²) >= 11 is 0. The van der Waals surface area contributed by atoms with Crippen molar-refractivity contribution in [3.8, 4) is 0 Å². The van der Waals surface area contributed by atoms with E-state index in [9.17, 15) is 19.2 Å². The first-order chi connectivity index (χ1) is 14.9. The first-order valence-corrected chi connectivity index (χ1v) is 10.2. The van der Waals surface area contributed by atoms with Crippen LogP contribution in [-0.2, 0) is 35.2 Å². The van der Waals surface area contributed by atoms with Crippen LogP contribution >= 0.6 is 0 Å². The third-order valence-electron chi connectivity index (χ3n) is 4.23. The van der Waals surface area contributed by atoms with Crippen LogP contribution in [0.1, 0.15) is 46.1 Å². The van der Waals surface area contributed by atoms with Gasteiger partial charge in [-0.05, 0) is 39.7 Å². The molecule has 3 atom stereocenters. The maximum absolute atomic E-state index is 12.8. The Morgan fingerprint density at radius 3 is 2.22 bits per heavy atom. The molecule has 178 valence electrons. The van der Waals surface area contributed by atoms with Gasteiger partial charge in [0, 0.05) is 6.42 Å². The molecule has 0 saturated carbocycles. The molecule has 0 radical (unpaired) electrons. The molecule has 32 heavy (non-hydrogen) atoms. The number of carbonyl (C=O) groups excluding carboxylic acids is 3. The lowest BCUT2D eigenvalue weighted by Gasteiger charge is -2.30. The first kappa shape index (κ1) is 26.9. The molecule has 1 rings (SSSR count). The van der Waals surface area contributed by atoms with Crippen molar-refractivity contribution in [2.24, 2.45) is 0 Å². The number of alkyl carbamates (subject to hydrolysis) is 1. The van der Waals surface area contributed by atoms with Crippen LogP contribution in [0.15, 0.2) is 30.3 Å². The Balaban J connectivity index is 2.87. The molecule has 0 aliphatic carbocycles. The number of carboxylic acids is 1. The van der Waals surface area contributed by atoms with Gasteiger partial charge in [0.15, 0.2) is 6.04 Å². The second-order valence-corrected chi connectivity index (χ2v) is 8.14. The standard InChI is InChI=1S/C22H32N2O8/c1-14(32-22(2,3)4)18(20(28)30-5)24-19(27)16(11-12-17(25)26)23-21(29)31-13-15-9-7-6-8-10-15/h6-10,14,16,18H,11-13H2,1-5H3,(H,23,29)(H,24,27)(H,25,26)/t14-,16-,18-/m0/s1. The largest absolute Gasteiger partial charge is 0.481 e. The summed E-state index contributed by atoms with van der Waals surface area (Å²) in [5.41, 5.74) is 0.145. The molecule has 3 N–H and O–H groups in total. The average Bonchev–Trinajstić information content (AvgIpc) is 2.72. The maximum atomic E-state index is 12.8. The average molecular weight is 453 g/mol. The summed E-state index contributed by atoms with van der Waals surface area (Å²) in [6.07, 6.45) is -2.23. The van der Waals surface area contributed by atoms with E-state index in [-0.39, 0.29) is 19.4 Å². The van der Waals surface area contributed by atoms with Gasteiger partial charge in [-0.2, -0.15) is 0 Å². The van der Waals surface area contributed by atoms with E-state index in [1.54, 1.807) is 52.0 Å². The zero-order valence-electron chi connectivity index (χ0n) is 19.0. The first-order valence-electron chi connectivity index (χ1n) is 10.2. The molecule has 0 spiro atoms. The highest BCUT2D eigenvalue weighted by molar-refractivity contribution is 5.90. The van der Waals surface area contributed by atoms with Gasteiger partial charge in [-0.25, -0.2) is 9.59 Å². The number of aliphatic carboxylic acids is 1. The molecular formula is C22H32N2O8. The molecule has 0 aromatic heterocycles. The van der Waals surface area contributed by atoms with Crippen LogP contribution in [0.25, 0.3) is 0 Å². The highest BCUT2D eigenvalue weighted by Gasteiger charge is 2.34. The number of rotatable bonds is 11. The van der Waals surface area contributed by atoms with E-state index >= 15 is 0 Å². The lowest BCUT2D eigenvalue weighted by molar-refractivity contribution is -0.153. The number of nitrogens with one attached hydrogen (secondary N) is 2. The Bertz CT molecular complexity index is 776. The highest BCUT2D eigenvalue weighted by atomic mass is 16.5. The van der Waals surface area contributed by atoms with Crippen molar-refractivity contribution >= 4 is 23.9 Å². The summed E-state index contributed by atoms with van der Waals surface area (Å²) in [6.45, 7) is 6.95. The fourth-order valence-electron chi connectivity index (χ4n) is 2.82. The van der Waals surface area contributed by atoms with Crippen LogP contribution in [0, 0.1) is 0 Å². The van der Waals surface area contributed by atoms with Gasteiger partial charge in [-0.3, -0.25) is 9.59 Å². The highest BCUT2D eigenvalue weighted by Crippen LogP contribution is 2.14. The summed E-state index contributed by atoms with van der Waals surface area (Å²) < 4.78 is 15.6. The van der Waals surface area contributed by atoms with E-state index in [2.05, 4.69) is 10.6 Å². The van der Waals surface area contributed by atoms with E-state index in [1.165, 1.54) is 7.11 Å². The minimum Gasteiger partial charge on any atom is -0.481 e. The minimum atomic E-state index is -1.25. The van der Waals surface area contributed by atoms with E-state index in [4.69, 9.17) is 19.3 Å². The van der Waals surface area contributed by atoms with Gasteiger partial charge in [-0.15, -0.1) is 0 Å². The second-order valence-electron chi connectivity index (χ2n) is 8.14. The predicted molar refractivity (Wildman–Crippen MR) is 115 cm³/mol. The quantitative estimate of drug-likeness (QED) is 0.433. The van der Waals surface area contributed by atoms with Gasteiger partial charge < -0.3 is 30.0 Å². The molecule has 2 amide bonds. The predicted octanol–water partition coefficient (Wildman–Crippen LogP) is 2.01. The van der Waals surface area contributed by atoms with Crippen LogP contribution in [0.5, 0.6) is 0 Å². The monoisotopic (exact) mass is 452 g/mol. The zero-order valence-corrected chi connectivity index (χ0v) is 19.0. The summed E-state index contributed by atoms with van der Waals surface area (Å²) in [7, 11) is 1.17. The van der Waals surface area contributed by atoms with Gasteiger partial charge in [0.05, 0.1) is 18.8 Å². The van der Waals surface area contributed by atoms with Gasteiger partial charge in [0.1, 0.15) is 12.6 Å². The molecule has 1 aromatic rings. The van der Waals surface area contributed by atoms with E-state index in [0.717, 1.165) is 5.56 Å². The second kappa shape index (κ2) is 12.7. The Hall–Kier alpha value is -3.14.